The van der Waals surface area contributed by atoms with Crippen LogP contribution in [0.1, 0.15) is 11.1 Å². The second-order valence-electron chi connectivity index (χ2n) is 2.76. The second kappa shape index (κ2) is 4.55. The van der Waals surface area contributed by atoms with Gasteiger partial charge in [0.25, 0.3) is 0 Å². The Morgan fingerprint density at radius 3 is 2.54 bits per heavy atom. The minimum Gasteiger partial charge on any atom is -0.504 e. The Hall–Kier alpha value is -1.44. The molecule has 0 aliphatic heterocycles. The summed E-state index contributed by atoms with van der Waals surface area (Å²) < 4.78 is 9.94. The van der Waals surface area contributed by atoms with E-state index in [0.29, 0.717) is 0 Å². The molecule has 0 spiro atoms. The first kappa shape index (κ1) is 9.65. The van der Waals surface area contributed by atoms with E-state index < -0.39 is 0 Å². The van der Waals surface area contributed by atoms with Crippen LogP contribution in [0.15, 0.2) is 24.5 Å². The third kappa shape index (κ3) is 2.51. The molecule has 0 amide bonds. The largest absolute Gasteiger partial charge is 0.504 e. The molecule has 0 aliphatic rings. The van der Waals surface area contributed by atoms with Gasteiger partial charge in [0.05, 0.1) is 20.5 Å². The summed E-state index contributed by atoms with van der Waals surface area (Å²) >= 11 is 0. The van der Waals surface area contributed by atoms with Crippen LogP contribution >= 0.6 is 0 Å². The van der Waals surface area contributed by atoms with Crippen LogP contribution in [0.4, 0.5) is 0 Å². The smallest absolute Gasteiger partial charge is 0.119 e. The van der Waals surface area contributed by atoms with Crippen molar-refractivity contribution < 1.29 is 9.47 Å². The normalized spacial score (nSPS) is 10.4. The fourth-order valence-electron chi connectivity index (χ4n) is 1.10. The summed E-state index contributed by atoms with van der Waals surface area (Å²) in [6, 6.07) is 5.93. The van der Waals surface area contributed by atoms with Gasteiger partial charge in [-0.3, -0.25) is 0 Å². The van der Waals surface area contributed by atoms with Crippen LogP contribution in [0.3, 0.4) is 0 Å². The van der Waals surface area contributed by atoms with Crippen LogP contribution in [0.25, 0.3) is 6.08 Å². The number of methoxy groups -OCH3 is 2. The van der Waals surface area contributed by atoms with E-state index in [1.807, 2.05) is 31.2 Å². The molecule has 0 aromatic heterocycles. The number of hydrogen-bond acceptors (Lipinski definition) is 2. The standard InChI is InChI=1S/C11H14O2/c1-9-8-11(13-3)5-4-10(9)6-7-12-2/h4-8H,1-3H3/b7-6+. The van der Waals surface area contributed by atoms with E-state index in [4.69, 9.17) is 9.47 Å². The number of aryl methyl sites for hydroxylation is 1. The molecular weight excluding hydrogens is 164 g/mol. The summed E-state index contributed by atoms with van der Waals surface area (Å²) in [5, 5.41) is 0. The minimum atomic E-state index is 0.882. The molecular formula is C11H14O2. The lowest BCUT2D eigenvalue weighted by atomic mass is 10.1. The quantitative estimate of drug-likeness (QED) is 0.662. The lowest BCUT2D eigenvalue weighted by Crippen LogP contribution is -1.85. The molecule has 2 nitrogen and oxygen atoms in total. The van der Waals surface area contributed by atoms with Gasteiger partial charge in [0, 0.05) is 0 Å². The van der Waals surface area contributed by atoms with Gasteiger partial charge in [-0.25, -0.2) is 0 Å². The van der Waals surface area contributed by atoms with Crippen LogP contribution in [0.2, 0.25) is 0 Å². The van der Waals surface area contributed by atoms with Crippen molar-refractivity contribution in [2.75, 3.05) is 14.2 Å². The summed E-state index contributed by atoms with van der Waals surface area (Å²) in [7, 11) is 3.30. The first-order valence-corrected chi connectivity index (χ1v) is 4.12. The van der Waals surface area contributed by atoms with E-state index in [-0.39, 0.29) is 0 Å². The first-order valence-electron chi connectivity index (χ1n) is 4.12. The molecule has 0 atom stereocenters. The fraction of sp³-hybridized carbons (Fsp3) is 0.273. The van der Waals surface area contributed by atoms with E-state index in [9.17, 15) is 0 Å². The van der Waals surface area contributed by atoms with Gasteiger partial charge in [-0.05, 0) is 36.3 Å². The fourth-order valence-corrected chi connectivity index (χ4v) is 1.10. The maximum atomic E-state index is 5.10. The van der Waals surface area contributed by atoms with Crippen LogP contribution in [-0.2, 0) is 4.74 Å². The topological polar surface area (TPSA) is 18.5 Å². The molecule has 0 aliphatic carbocycles. The van der Waals surface area contributed by atoms with Crippen LogP contribution < -0.4 is 4.74 Å². The van der Waals surface area contributed by atoms with Crippen molar-refractivity contribution in [2.45, 2.75) is 6.92 Å². The first-order chi connectivity index (χ1) is 6.27. The van der Waals surface area contributed by atoms with Gasteiger partial charge < -0.3 is 9.47 Å². The molecule has 1 aromatic rings. The van der Waals surface area contributed by atoms with Gasteiger partial charge in [-0.15, -0.1) is 0 Å². The van der Waals surface area contributed by atoms with Crippen molar-refractivity contribution >= 4 is 6.08 Å². The van der Waals surface area contributed by atoms with Gasteiger partial charge in [0.2, 0.25) is 0 Å². The highest BCUT2D eigenvalue weighted by molar-refractivity contribution is 5.54. The number of hydrogen-bond donors (Lipinski definition) is 0. The monoisotopic (exact) mass is 178 g/mol. The molecule has 70 valence electrons. The Morgan fingerprint density at radius 2 is 2.00 bits per heavy atom. The zero-order chi connectivity index (χ0) is 9.68. The third-order valence-electron chi connectivity index (χ3n) is 1.86. The maximum Gasteiger partial charge on any atom is 0.119 e. The highest BCUT2D eigenvalue weighted by Gasteiger charge is 1.96. The molecule has 0 heterocycles. The predicted octanol–water partition coefficient (Wildman–Crippen LogP) is 2.62. The van der Waals surface area contributed by atoms with Gasteiger partial charge in [0.1, 0.15) is 5.75 Å². The molecule has 13 heavy (non-hydrogen) atoms. The van der Waals surface area contributed by atoms with E-state index in [1.165, 1.54) is 5.56 Å². The predicted molar refractivity (Wildman–Crippen MR) is 53.8 cm³/mol. The van der Waals surface area contributed by atoms with Gasteiger partial charge in [-0.1, -0.05) is 6.07 Å². The zero-order valence-corrected chi connectivity index (χ0v) is 8.20. The molecule has 0 saturated carbocycles. The summed E-state index contributed by atoms with van der Waals surface area (Å²) in [6.45, 7) is 2.04. The molecule has 0 saturated heterocycles. The third-order valence-corrected chi connectivity index (χ3v) is 1.86. The van der Waals surface area contributed by atoms with Crippen LogP contribution in [0.5, 0.6) is 5.75 Å². The highest BCUT2D eigenvalue weighted by Crippen LogP contribution is 2.17. The number of ether oxygens (including phenoxy) is 2. The SMILES string of the molecule is CO/C=C/c1ccc(OC)cc1C. The Morgan fingerprint density at radius 1 is 1.23 bits per heavy atom. The number of rotatable bonds is 3. The Balaban J connectivity index is 2.91. The molecule has 0 radical (unpaired) electrons. The average Bonchev–Trinajstić information content (AvgIpc) is 2.16. The Labute approximate surface area is 78.8 Å². The summed E-state index contributed by atoms with van der Waals surface area (Å²) in [5.74, 6) is 0.882. The minimum absolute atomic E-state index is 0.882. The van der Waals surface area contributed by atoms with Crippen molar-refractivity contribution in [3.63, 3.8) is 0 Å². The summed E-state index contributed by atoms with van der Waals surface area (Å²) in [6.07, 6.45) is 3.59. The summed E-state index contributed by atoms with van der Waals surface area (Å²) in [5.41, 5.74) is 2.32. The Kier molecular flexibility index (Phi) is 3.38. The van der Waals surface area contributed by atoms with Crippen molar-refractivity contribution in [2.24, 2.45) is 0 Å². The van der Waals surface area contributed by atoms with E-state index in [2.05, 4.69) is 0 Å². The highest BCUT2D eigenvalue weighted by atomic mass is 16.5. The second-order valence-corrected chi connectivity index (χ2v) is 2.76. The van der Waals surface area contributed by atoms with Crippen LogP contribution in [-0.4, -0.2) is 14.2 Å². The molecule has 0 bridgehead atoms. The molecule has 0 N–H and O–H groups in total. The maximum absolute atomic E-state index is 5.10. The van der Waals surface area contributed by atoms with Gasteiger partial charge >= 0.3 is 0 Å². The average molecular weight is 178 g/mol. The van der Waals surface area contributed by atoms with Gasteiger partial charge in [0.15, 0.2) is 0 Å². The molecule has 0 fully saturated rings. The van der Waals surface area contributed by atoms with Crippen molar-refractivity contribution in [1.29, 1.82) is 0 Å². The zero-order valence-electron chi connectivity index (χ0n) is 8.20. The molecule has 0 unspecified atom stereocenters. The molecule has 1 aromatic carbocycles. The number of benzene rings is 1. The van der Waals surface area contributed by atoms with Crippen molar-refractivity contribution in [3.05, 3.63) is 35.6 Å². The van der Waals surface area contributed by atoms with E-state index in [1.54, 1.807) is 20.5 Å². The van der Waals surface area contributed by atoms with E-state index >= 15 is 0 Å². The Bertz CT molecular complexity index is 303. The lowest BCUT2D eigenvalue weighted by Gasteiger charge is -2.03. The molecule has 1 rings (SSSR count). The van der Waals surface area contributed by atoms with Crippen molar-refractivity contribution in [3.8, 4) is 5.75 Å². The van der Waals surface area contributed by atoms with Crippen molar-refractivity contribution in [1.82, 2.24) is 0 Å². The summed E-state index contributed by atoms with van der Waals surface area (Å²) in [4.78, 5) is 0. The van der Waals surface area contributed by atoms with Gasteiger partial charge in [-0.2, -0.15) is 0 Å². The lowest BCUT2D eigenvalue weighted by molar-refractivity contribution is 0.341. The van der Waals surface area contributed by atoms with Crippen LogP contribution in [0, 0.1) is 6.92 Å². The van der Waals surface area contributed by atoms with E-state index in [0.717, 1.165) is 11.3 Å². The molecule has 2 heteroatoms.